The van der Waals surface area contributed by atoms with E-state index in [1.54, 1.807) is 45.0 Å². The average molecular weight is 393 g/mol. The van der Waals surface area contributed by atoms with Crippen LogP contribution in [0.5, 0.6) is 0 Å². The van der Waals surface area contributed by atoms with Crippen LogP contribution >= 0.6 is 0 Å². The highest BCUT2D eigenvalue weighted by atomic mass is 16.4. The number of carboxylic acid groups (broad SMARTS) is 1. The lowest BCUT2D eigenvalue weighted by molar-refractivity contribution is -0.270. The predicted molar refractivity (Wildman–Crippen MR) is 107 cm³/mol. The van der Waals surface area contributed by atoms with Crippen molar-refractivity contribution in [2.24, 2.45) is 0 Å². The molecule has 0 aliphatic carbocycles. The molecular weight excluding hydrogens is 368 g/mol. The van der Waals surface area contributed by atoms with Crippen molar-refractivity contribution in [2.45, 2.75) is 45.2 Å². The fraction of sp³-hybridized carbons (Fsp3) is 0.348. The van der Waals surface area contributed by atoms with Crippen LogP contribution < -0.4 is 5.11 Å². The third-order valence-electron chi connectivity index (χ3n) is 5.22. The largest absolute Gasteiger partial charge is 0.530 e. The highest BCUT2D eigenvalue weighted by Gasteiger charge is 2.40. The van der Waals surface area contributed by atoms with Crippen molar-refractivity contribution in [1.29, 1.82) is 0 Å². The van der Waals surface area contributed by atoms with Gasteiger partial charge in [0.15, 0.2) is 0 Å². The van der Waals surface area contributed by atoms with Crippen molar-refractivity contribution in [3.63, 3.8) is 0 Å². The molecule has 2 aromatic carbocycles. The van der Waals surface area contributed by atoms with E-state index in [0.717, 1.165) is 5.56 Å². The maximum Gasteiger partial charge on any atom is 0.261 e. The molecule has 0 spiro atoms. The molecule has 1 atom stereocenters. The average Bonchev–Trinajstić information content (AvgIpc) is 2.91. The maximum atomic E-state index is 13.0. The van der Waals surface area contributed by atoms with Gasteiger partial charge in [-0.2, -0.15) is 0 Å². The highest BCUT2D eigenvalue weighted by Crippen LogP contribution is 2.28. The molecule has 0 saturated carbocycles. The summed E-state index contributed by atoms with van der Waals surface area (Å²) in [5, 5.41) is 11.6. The lowest BCUT2D eigenvalue weighted by Crippen LogP contribution is -2.53. The molecule has 1 aliphatic heterocycles. The normalized spacial score (nSPS) is 14.7. The van der Waals surface area contributed by atoms with E-state index < -0.39 is 17.7 Å². The number of rotatable bonds is 6. The van der Waals surface area contributed by atoms with Gasteiger partial charge in [0.2, 0.25) is 0 Å². The smallest absolute Gasteiger partial charge is 0.261 e. The Morgan fingerprint density at radius 2 is 1.48 bits per heavy atom. The van der Waals surface area contributed by atoms with E-state index >= 15 is 0 Å². The zero-order valence-electron chi connectivity index (χ0n) is 16.9. The Balaban J connectivity index is 1.89. The Morgan fingerprint density at radius 1 is 0.966 bits per heavy atom. The topological polar surface area (TPSA) is 80.8 Å². The number of amides is 3. The predicted octanol–water partition coefficient (Wildman–Crippen LogP) is 2.73. The second kappa shape index (κ2) is 8.07. The Morgan fingerprint density at radius 3 is 1.97 bits per heavy atom. The molecule has 0 bridgehead atoms. The summed E-state index contributed by atoms with van der Waals surface area (Å²) in [6, 6.07) is 15.9. The minimum absolute atomic E-state index is 0.163. The molecule has 0 saturated heterocycles. The summed E-state index contributed by atoms with van der Waals surface area (Å²) in [4.78, 5) is 40.1. The van der Waals surface area contributed by atoms with Gasteiger partial charge in [-0.05, 0) is 51.3 Å². The Bertz CT molecular complexity index is 883. The first-order valence-electron chi connectivity index (χ1n) is 9.69. The summed E-state index contributed by atoms with van der Waals surface area (Å²) in [6.07, 6.45) is -0.485. The van der Waals surface area contributed by atoms with Gasteiger partial charge in [-0.25, -0.2) is 0 Å². The number of carbonyl (C=O) groups is 3. The number of carbonyl (C=O) groups excluding carboxylic acids is 3. The first-order valence-corrected chi connectivity index (χ1v) is 9.69. The Labute approximate surface area is 170 Å². The second-order valence-corrected chi connectivity index (χ2v) is 8.25. The Hall–Kier alpha value is -3.15. The van der Waals surface area contributed by atoms with Gasteiger partial charge in [-0.1, -0.05) is 42.5 Å². The van der Waals surface area contributed by atoms with Gasteiger partial charge in [0.25, 0.3) is 11.8 Å². The van der Waals surface area contributed by atoms with E-state index in [2.05, 4.69) is 0 Å². The zero-order chi connectivity index (χ0) is 21.2. The fourth-order valence-electron chi connectivity index (χ4n) is 3.73. The molecule has 0 fully saturated rings. The third-order valence-corrected chi connectivity index (χ3v) is 5.22. The summed E-state index contributed by atoms with van der Waals surface area (Å²) in [7, 11) is 0. The van der Waals surface area contributed by atoms with Crippen LogP contribution in [0.3, 0.4) is 0 Å². The van der Waals surface area contributed by atoms with Crippen LogP contribution in [0.1, 0.15) is 53.5 Å². The van der Waals surface area contributed by atoms with E-state index in [1.165, 1.54) is 9.80 Å². The number of imide groups is 1. The van der Waals surface area contributed by atoms with Crippen molar-refractivity contribution in [3.05, 3.63) is 71.3 Å². The molecule has 0 N–H and O–H groups in total. The summed E-state index contributed by atoms with van der Waals surface area (Å²) in [5.74, 6) is -0.662. The maximum absolute atomic E-state index is 13.0. The van der Waals surface area contributed by atoms with Crippen molar-refractivity contribution in [1.82, 2.24) is 9.80 Å². The molecule has 0 aromatic heterocycles. The number of fused-ring (bicyclic) bond motifs is 1. The minimum atomic E-state index is -1.27. The molecule has 6 nitrogen and oxygen atoms in total. The van der Waals surface area contributed by atoms with Gasteiger partial charge in [0.1, 0.15) is 6.09 Å². The summed E-state index contributed by atoms with van der Waals surface area (Å²) in [5.41, 5.74) is 1.12. The monoisotopic (exact) mass is 393 g/mol. The molecule has 1 heterocycles. The fourth-order valence-corrected chi connectivity index (χ4v) is 3.73. The third kappa shape index (κ3) is 4.31. The van der Waals surface area contributed by atoms with Gasteiger partial charge >= 0.3 is 0 Å². The molecule has 3 amide bonds. The summed E-state index contributed by atoms with van der Waals surface area (Å²) in [6.45, 7) is 5.53. The van der Waals surface area contributed by atoms with E-state index in [4.69, 9.17) is 0 Å². The number of benzene rings is 2. The van der Waals surface area contributed by atoms with Crippen LogP contribution in [0.15, 0.2) is 54.6 Å². The van der Waals surface area contributed by atoms with E-state index in [0.29, 0.717) is 24.0 Å². The molecule has 2 aromatic rings. The van der Waals surface area contributed by atoms with Crippen molar-refractivity contribution < 1.29 is 19.5 Å². The number of nitrogens with zero attached hydrogens (tertiary/aromatic N) is 2. The van der Waals surface area contributed by atoms with Gasteiger partial charge in [-0.15, -0.1) is 0 Å². The number of hydrogen-bond donors (Lipinski definition) is 0. The zero-order valence-corrected chi connectivity index (χ0v) is 16.9. The van der Waals surface area contributed by atoms with Gasteiger partial charge < -0.3 is 14.8 Å². The molecular formula is C23H25N2O4-. The van der Waals surface area contributed by atoms with Crippen LogP contribution in [0.4, 0.5) is 4.79 Å². The lowest BCUT2D eigenvalue weighted by atomic mass is 9.99. The molecule has 1 aliphatic rings. The molecule has 29 heavy (non-hydrogen) atoms. The van der Waals surface area contributed by atoms with Crippen LogP contribution in [0.2, 0.25) is 0 Å². The van der Waals surface area contributed by atoms with Gasteiger partial charge in [0.05, 0.1) is 11.1 Å². The standard InChI is InChI=1S/C23H26N2O4/c1-23(2,3)24(22(28)29)14-13-17(15-16-9-5-4-6-10-16)25-20(26)18-11-7-8-12-19(18)21(25)27/h4-12,17H,13-15H2,1-3H3,(H,28,29)/p-1. The molecule has 6 heteroatoms. The van der Waals surface area contributed by atoms with Crippen LogP contribution in [0, 0.1) is 0 Å². The van der Waals surface area contributed by atoms with Gasteiger partial charge in [0, 0.05) is 18.1 Å². The van der Waals surface area contributed by atoms with Crippen LogP contribution in [0.25, 0.3) is 0 Å². The summed E-state index contributed by atoms with van der Waals surface area (Å²) >= 11 is 0. The second-order valence-electron chi connectivity index (χ2n) is 8.25. The van der Waals surface area contributed by atoms with E-state index in [1.807, 2.05) is 30.3 Å². The number of hydrogen-bond acceptors (Lipinski definition) is 4. The van der Waals surface area contributed by atoms with Crippen LogP contribution in [-0.4, -0.2) is 45.8 Å². The first kappa shape index (κ1) is 20.6. The van der Waals surface area contributed by atoms with Gasteiger partial charge in [-0.3, -0.25) is 14.5 Å². The molecule has 3 rings (SSSR count). The summed E-state index contributed by atoms with van der Waals surface area (Å²) < 4.78 is 0. The minimum Gasteiger partial charge on any atom is -0.530 e. The lowest BCUT2D eigenvalue weighted by Gasteiger charge is -2.39. The molecule has 0 radical (unpaired) electrons. The highest BCUT2D eigenvalue weighted by molar-refractivity contribution is 6.21. The molecule has 152 valence electrons. The van der Waals surface area contributed by atoms with Crippen molar-refractivity contribution in [3.8, 4) is 0 Å². The Kier molecular flexibility index (Phi) is 5.73. The molecule has 1 unspecified atom stereocenters. The SMILES string of the molecule is CC(C)(C)N(CCC(Cc1ccccc1)N1C(=O)c2ccccc2C1=O)C(=O)[O-]. The van der Waals surface area contributed by atoms with Crippen molar-refractivity contribution >= 4 is 17.9 Å². The van der Waals surface area contributed by atoms with E-state index in [9.17, 15) is 19.5 Å². The first-order chi connectivity index (χ1) is 13.7. The quantitative estimate of drug-likeness (QED) is 0.707. The van der Waals surface area contributed by atoms with Crippen molar-refractivity contribution in [2.75, 3.05) is 6.54 Å². The van der Waals surface area contributed by atoms with E-state index in [-0.39, 0.29) is 18.4 Å². The van der Waals surface area contributed by atoms with Crippen LogP contribution in [-0.2, 0) is 6.42 Å².